The Kier molecular flexibility index (Phi) is 6.06. The predicted octanol–water partition coefficient (Wildman–Crippen LogP) is 2.68. The van der Waals surface area contributed by atoms with Crippen LogP contribution in [-0.4, -0.2) is 28.1 Å². The van der Waals surface area contributed by atoms with E-state index in [0.29, 0.717) is 18.0 Å². The topological polar surface area (TPSA) is 85.3 Å². The fourth-order valence-electron chi connectivity index (χ4n) is 2.70. The maximum absolute atomic E-state index is 12.1. The van der Waals surface area contributed by atoms with Crippen LogP contribution in [0.2, 0.25) is 0 Å². The highest BCUT2D eigenvalue weighted by Gasteiger charge is 2.13. The van der Waals surface area contributed by atoms with E-state index in [1.54, 1.807) is 26.1 Å². The third-order valence-electron chi connectivity index (χ3n) is 4.00. The highest BCUT2D eigenvalue weighted by molar-refractivity contribution is 5.98. The van der Waals surface area contributed by atoms with Crippen molar-refractivity contribution in [2.45, 2.75) is 13.5 Å². The summed E-state index contributed by atoms with van der Waals surface area (Å²) < 4.78 is 7.20. The van der Waals surface area contributed by atoms with Crippen LogP contribution in [-0.2, 0) is 18.4 Å². The predicted molar refractivity (Wildman–Crippen MR) is 106 cm³/mol. The lowest BCUT2D eigenvalue weighted by molar-refractivity contribution is -0.115. The van der Waals surface area contributed by atoms with Crippen molar-refractivity contribution in [3.63, 3.8) is 0 Å². The zero-order valence-electron chi connectivity index (χ0n) is 15.8. The van der Waals surface area contributed by atoms with Gasteiger partial charge < -0.3 is 15.4 Å². The Morgan fingerprint density at radius 3 is 2.57 bits per heavy atom. The lowest BCUT2D eigenvalue weighted by Crippen LogP contribution is -2.33. The third-order valence-corrected chi connectivity index (χ3v) is 4.00. The van der Waals surface area contributed by atoms with Crippen LogP contribution < -0.4 is 15.4 Å². The van der Waals surface area contributed by atoms with E-state index in [1.807, 2.05) is 48.5 Å². The summed E-state index contributed by atoms with van der Waals surface area (Å²) in [4.78, 5) is 24.3. The lowest BCUT2D eigenvalue weighted by atomic mass is 10.2. The van der Waals surface area contributed by atoms with Crippen molar-refractivity contribution in [1.82, 2.24) is 15.1 Å². The smallest absolute Gasteiger partial charge is 0.269 e. The number of rotatable bonds is 7. The Morgan fingerprint density at radius 1 is 1.07 bits per heavy atom. The Bertz CT molecular complexity index is 967. The first kappa shape index (κ1) is 19.2. The molecule has 0 spiro atoms. The van der Waals surface area contributed by atoms with Gasteiger partial charge in [-0.05, 0) is 42.8 Å². The van der Waals surface area contributed by atoms with E-state index in [0.717, 1.165) is 17.0 Å². The molecule has 0 radical (unpaired) electrons. The van der Waals surface area contributed by atoms with Gasteiger partial charge in [0.1, 0.15) is 18.1 Å². The largest absolute Gasteiger partial charge is 0.489 e. The van der Waals surface area contributed by atoms with Crippen molar-refractivity contribution in [2.75, 3.05) is 11.9 Å². The van der Waals surface area contributed by atoms with Crippen LogP contribution in [0.1, 0.15) is 21.7 Å². The minimum Gasteiger partial charge on any atom is -0.489 e. The van der Waals surface area contributed by atoms with Gasteiger partial charge in [-0.1, -0.05) is 30.3 Å². The van der Waals surface area contributed by atoms with Gasteiger partial charge in [-0.2, -0.15) is 5.10 Å². The van der Waals surface area contributed by atoms with Gasteiger partial charge in [0.05, 0.1) is 12.2 Å². The molecule has 0 fully saturated rings. The normalized spacial score (nSPS) is 10.4. The average Bonchev–Trinajstić information content (AvgIpc) is 3.04. The molecule has 1 heterocycles. The van der Waals surface area contributed by atoms with Gasteiger partial charge in [0, 0.05) is 12.7 Å². The number of nitrogens with zero attached hydrogens (tertiary/aromatic N) is 2. The number of ether oxygens (including phenoxy) is 1. The maximum atomic E-state index is 12.1. The zero-order chi connectivity index (χ0) is 19.9. The molecule has 144 valence electrons. The van der Waals surface area contributed by atoms with E-state index in [-0.39, 0.29) is 18.4 Å². The second kappa shape index (κ2) is 8.85. The Balaban J connectivity index is 1.51. The quantitative estimate of drug-likeness (QED) is 0.662. The van der Waals surface area contributed by atoms with E-state index in [2.05, 4.69) is 15.7 Å². The number of carbonyl (C=O) groups is 2. The minimum absolute atomic E-state index is 0.131. The molecule has 1 aromatic heterocycles. The molecule has 0 unspecified atom stereocenters. The van der Waals surface area contributed by atoms with Crippen LogP contribution in [0.4, 0.5) is 5.69 Å². The first-order valence-electron chi connectivity index (χ1n) is 8.87. The molecule has 3 aromatic rings. The van der Waals surface area contributed by atoms with Gasteiger partial charge in [0.15, 0.2) is 0 Å². The Labute approximate surface area is 163 Å². The Morgan fingerprint density at radius 2 is 1.86 bits per heavy atom. The van der Waals surface area contributed by atoms with Crippen molar-refractivity contribution in [3.05, 3.63) is 77.6 Å². The SMILES string of the molecule is Cc1cc(C(=O)NCC(=O)Nc2cccc(COc3ccccc3)c2)n(C)n1. The molecule has 0 aliphatic carbocycles. The number of hydrogen-bond acceptors (Lipinski definition) is 4. The summed E-state index contributed by atoms with van der Waals surface area (Å²) in [5.41, 5.74) is 2.72. The Hall–Kier alpha value is -3.61. The van der Waals surface area contributed by atoms with Crippen molar-refractivity contribution in [3.8, 4) is 5.75 Å². The molecule has 0 aliphatic heterocycles. The first-order valence-corrected chi connectivity index (χ1v) is 8.87. The summed E-state index contributed by atoms with van der Waals surface area (Å²) in [6.07, 6.45) is 0. The lowest BCUT2D eigenvalue weighted by Gasteiger charge is -2.10. The van der Waals surface area contributed by atoms with Crippen molar-refractivity contribution in [2.24, 2.45) is 7.05 Å². The van der Waals surface area contributed by atoms with Gasteiger partial charge >= 0.3 is 0 Å². The van der Waals surface area contributed by atoms with Crippen molar-refractivity contribution >= 4 is 17.5 Å². The fraction of sp³-hybridized carbons (Fsp3) is 0.190. The highest BCUT2D eigenvalue weighted by Crippen LogP contribution is 2.15. The highest BCUT2D eigenvalue weighted by atomic mass is 16.5. The first-order chi connectivity index (χ1) is 13.5. The molecular formula is C21H22N4O3. The second-order valence-corrected chi connectivity index (χ2v) is 6.33. The molecule has 7 heteroatoms. The van der Waals surface area contributed by atoms with Gasteiger partial charge in [-0.3, -0.25) is 14.3 Å². The van der Waals surface area contributed by atoms with Crippen LogP contribution in [0.25, 0.3) is 0 Å². The number of aryl methyl sites for hydroxylation is 2. The van der Waals surface area contributed by atoms with Crippen molar-refractivity contribution in [1.29, 1.82) is 0 Å². The summed E-state index contributed by atoms with van der Waals surface area (Å²) in [6.45, 7) is 2.07. The number of hydrogen-bond donors (Lipinski definition) is 2. The number of carbonyl (C=O) groups excluding carboxylic acids is 2. The molecule has 0 bridgehead atoms. The number of aromatic nitrogens is 2. The summed E-state index contributed by atoms with van der Waals surface area (Å²) in [5.74, 6) is 0.127. The number of nitrogens with one attached hydrogen (secondary N) is 2. The summed E-state index contributed by atoms with van der Waals surface area (Å²) >= 11 is 0. The molecule has 28 heavy (non-hydrogen) atoms. The molecule has 0 atom stereocenters. The molecule has 0 saturated carbocycles. The maximum Gasteiger partial charge on any atom is 0.269 e. The number of para-hydroxylation sites is 1. The van der Waals surface area contributed by atoms with Crippen LogP contribution in [0.5, 0.6) is 5.75 Å². The monoisotopic (exact) mass is 378 g/mol. The molecule has 3 rings (SSSR count). The fourth-order valence-corrected chi connectivity index (χ4v) is 2.70. The molecule has 0 saturated heterocycles. The number of anilines is 1. The average molecular weight is 378 g/mol. The van der Waals surface area contributed by atoms with Crippen LogP contribution in [0.3, 0.4) is 0 Å². The van der Waals surface area contributed by atoms with E-state index < -0.39 is 0 Å². The van der Waals surface area contributed by atoms with Crippen LogP contribution in [0.15, 0.2) is 60.7 Å². The van der Waals surface area contributed by atoms with E-state index >= 15 is 0 Å². The summed E-state index contributed by atoms with van der Waals surface area (Å²) in [7, 11) is 1.69. The van der Waals surface area contributed by atoms with Gasteiger partial charge in [-0.15, -0.1) is 0 Å². The van der Waals surface area contributed by atoms with Crippen LogP contribution in [0, 0.1) is 6.92 Å². The van der Waals surface area contributed by atoms with Gasteiger partial charge in [0.2, 0.25) is 5.91 Å². The molecule has 2 amide bonds. The molecule has 0 aliphatic rings. The summed E-state index contributed by atoms with van der Waals surface area (Å²) in [6, 6.07) is 18.6. The van der Waals surface area contributed by atoms with E-state index in [9.17, 15) is 9.59 Å². The third kappa shape index (κ3) is 5.20. The minimum atomic E-state index is -0.344. The molecular weight excluding hydrogens is 356 g/mol. The van der Waals surface area contributed by atoms with E-state index in [1.165, 1.54) is 4.68 Å². The number of benzene rings is 2. The molecule has 2 N–H and O–H groups in total. The standard InChI is InChI=1S/C21H22N4O3/c1-15-11-19(25(2)24-15)21(27)22-13-20(26)23-17-8-6-7-16(12-17)14-28-18-9-4-3-5-10-18/h3-12H,13-14H2,1-2H3,(H,22,27)(H,23,26). The molecule has 7 nitrogen and oxygen atoms in total. The van der Waals surface area contributed by atoms with E-state index in [4.69, 9.17) is 4.74 Å². The zero-order valence-corrected chi connectivity index (χ0v) is 15.8. The molecule has 2 aromatic carbocycles. The van der Waals surface area contributed by atoms with Gasteiger partial charge in [-0.25, -0.2) is 0 Å². The second-order valence-electron chi connectivity index (χ2n) is 6.33. The summed E-state index contributed by atoms with van der Waals surface area (Å²) in [5, 5.41) is 9.49. The number of amides is 2. The van der Waals surface area contributed by atoms with Crippen molar-refractivity contribution < 1.29 is 14.3 Å². The van der Waals surface area contributed by atoms with Gasteiger partial charge in [0.25, 0.3) is 5.91 Å². The van der Waals surface area contributed by atoms with Crippen LogP contribution >= 0.6 is 0 Å².